The highest BCUT2D eigenvalue weighted by Gasteiger charge is 2.85. The van der Waals surface area contributed by atoms with Gasteiger partial charge in [0.05, 0.1) is 31.0 Å². The van der Waals surface area contributed by atoms with Gasteiger partial charge in [0.15, 0.2) is 11.5 Å². The number of hydrogen-bond donors (Lipinski definition) is 1. The zero-order chi connectivity index (χ0) is 33.1. The summed E-state index contributed by atoms with van der Waals surface area (Å²) in [6.45, 7) is 10.7. The van der Waals surface area contributed by atoms with E-state index in [-0.39, 0.29) is 58.0 Å². The Morgan fingerprint density at radius 3 is 2.62 bits per heavy atom. The van der Waals surface area contributed by atoms with E-state index < -0.39 is 11.4 Å². The predicted octanol–water partition coefficient (Wildman–Crippen LogP) is 6.81. The van der Waals surface area contributed by atoms with Crippen molar-refractivity contribution < 1.29 is 38.3 Å². The minimum absolute atomic E-state index is 0.00775. The molecule has 8 nitrogen and oxygen atoms in total. The maximum Gasteiger partial charge on any atom is 0.336 e. The predicted molar refractivity (Wildman–Crippen MR) is 175 cm³/mol. The lowest BCUT2D eigenvalue weighted by atomic mass is 9.37. The van der Waals surface area contributed by atoms with Gasteiger partial charge in [0.25, 0.3) is 0 Å². The van der Waals surface area contributed by atoms with Gasteiger partial charge in [-0.25, -0.2) is 4.79 Å². The summed E-state index contributed by atoms with van der Waals surface area (Å²) in [7, 11) is 1.69. The highest BCUT2D eigenvalue weighted by atomic mass is 16.7. The van der Waals surface area contributed by atoms with Gasteiger partial charge in [-0.15, -0.1) is 0 Å². The van der Waals surface area contributed by atoms with Gasteiger partial charge in [0.1, 0.15) is 0 Å². The van der Waals surface area contributed by atoms with E-state index in [4.69, 9.17) is 28.4 Å². The Labute approximate surface area is 283 Å². The summed E-state index contributed by atoms with van der Waals surface area (Å²) >= 11 is 0. The number of allylic oxidation sites excluding steroid dienone is 1. The molecule has 0 radical (unpaired) electrons. The SMILES string of the molecule is CO[C@@]1(C)CO[C@]2(C=C([C@@H]3CC[C@]45C[C@]34CC[C@@H]3[C@@]4(C)CC=C6C[C@@H](c7ccc8c(c7)OCO8)OC[C@]6(C)[C@@H]4C[C@@H](O)[C@]35C)C(=O)O2)C1. The second-order valence-corrected chi connectivity index (χ2v) is 18.1. The van der Waals surface area contributed by atoms with Crippen LogP contribution in [0.3, 0.4) is 0 Å². The molecular weight excluding hydrogens is 608 g/mol. The lowest BCUT2D eigenvalue weighted by Gasteiger charge is -2.68. The number of ether oxygens (including phenoxy) is 6. The lowest BCUT2D eigenvalue weighted by molar-refractivity contribution is -0.224. The average Bonchev–Trinajstić information content (AvgIpc) is 3.45. The first-order chi connectivity index (χ1) is 22.8. The van der Waals surface area contributed by atoms with Crippen molar-refractivity contribution >= 4 is 5.97 Å². The van der Waals surface area contributed by atoms with E-state index in [0.29, 0.717) is 31.5 Å². The molecule has 4 heterocycles. The van der Waals surface area contributed by atoms with Crippen LogP contribution < -0.4 is 9.47 Å². The highest BCUT2D eigenvalue weighted by Crippen LogP contribution is 2.91. The Hall–Kier alpha value is -2.39. The summed E-state index contributed by atoms with van der Waals surface area (Å²) in [5, 5.41) is 12.5. The normalized spacial score (nSPS) is 52.5. The third-order valence-electron chi connectivity index (χ3n) is 16.4. The largest absolute Gasteiger partial charge is 0.454 e. The van der Waals surface area contributed by atoms with Crippen LogP contribution in [0.15, 0.2) is 41.5 Å². The number of aliphatic hydroxyl groups excluding tert-OH is 1. The number of carbonyl (C=O) groups excluding carboxylic acids is 1. The monoisotopic (exact) mass is 658 g/mol. The molecule has 12 atom stereocenters. The molecule has 1 N–H and O–H groups in total. The van der Waals surface area contributed by atoms with Gasteiger partial charge in [-0.1, -0.05) is 38.5 Å². The third kappa shape index (κ3) is 3.49. The van der Waals surface area contributed by atoms with Gasteiger partial charge in [0, 0.05) is 29.9 Å². The molecule has 2 saturated heterocycles. The first-order valence-corrected chi connectivity index (χ1v) is 18.4. The molecule has 8 heteroatoms. The zero-order valence-corrected chi connectivity index (χ0v) is 29.1. The topological polar surface area (TPSA) is 92.7 Å². The van der Waals surface area contributed by atoms with Crippen molar-refractivity contribution in [2.45, 2.75) is 109 Å². The van der Waals surface area contributed by atoms with E-state index in [1.165, 1.54) is 5.57 Å². The van der Waals surface area contributed by atoms with Gasteiger partial charge in [-0.05, 0) is 116 Å². The van der Waals surface area contributed by atoms with Crippen LogP contribution in [0.5, 0.6) is 11.5 Å². The molecule has 6 fully saturated rings. The summed E-state index contributed by atoms with van der Waals surface area (Å²) in [6.07, 6.45) is 12.8. The van der Waals surface area contributed by atoms with Crippen molar-refractivity contribution in [3.05, 3.63) is 47.1 Å². The van der Waals surface area contributed by atoms with Gasteiger partial charge in [-0.2, -0.15) is 0 Å². The van der Waals surface area contributed by atoms with E-state index in [0.717, 1.165) is 74.0 Å². The maximum absolute atomic E-state index is 13.6. The molecule has 9 aliphatic rings. The van der Waals surface area contributed by atoms with E-state index >= 15 is 0 Å². The van der Waals surface area contributed by atoms with Crippen molar-refractivity contribution in [1.29, 1.82) is 0 Å². The number of fused-ring (bicyclic) bond motifs is 6. The molecule has 0 unspecified atom stereocenters. The Morgan fingerprint density at radius 1 is 0.979 bits per heavy atom. The molecule has 4 saturated carbocycles. The minimum atomic E-state index is -1.01. The molecule has 48 heavy (non-hydrogen) atoms. The molecule has 0 aromatic heterocycles. The smallest absolute Gasteiger partial charge is 0.336 e. The quantitative estimate of drug-likeness (QED) is 0.280. The van der Waals surface area contributed by atoms with Gasteiger partial charge >= 0.3 is 5.97 Å². The third-order valence-corrected chi connectivity index (χ3v) is 16.4. The molecule has 0 amide bonds. The van der Waals surface area contributed by atoms with Gasteiger partial charge in [0.2, 0.25) is 12.6 Å². The van der Waals surface area contributed by atoms with Crippen LogP contribution in [0, 0.1) is 44.8 Å². The number of rotatable bonds is 3. The van der Waals surface area contributed by atoms with Crippen molar-refractivity contribution in [2.24, 2.45) is 44.8 Å². The molecule has 4 aliphatic heterocycles. The Balaban J connectivity index is 0.942. The minimum Gasteiger partial charge on any atom is -0.454 e. The summed E-state index contributed by atoms with van der Waals surface area (Å²) in [4.78, 5) is 13.6. The molecule has 10 rings (SSSR count). The number of carbonyl (C=O) groups is 1. The molecule has 1 spiro atoms. The van der Waals surface area contributed by atoms with Crippen LogP contribution in [0.25, 0.3) is 0 Å². The van der Waals surface area contributed by atoms with Crippen LogP contribution in [-0.4, -0.2) is 55.7 Å². The first-order valence-electron chi connectivity index (χ1n) is 18.4. The fourth-order valence-corrected chi connectivity index (χ4v) is 13.9. The van der Waals surface area contributed by atoms with Gasteiger partial charge in [-0.3, -0.25) is 0 Å². The van der Waals surface area contributed by atoms with E-state index in [1.54, 1.807) is 7.11 Å². The summed E-state index contributed by atoms with van der Waals surface area (Å²) in [5.74, 6) is 1.29. The van der Waals surface area contributed by atoms with Crippen LogP contribution in [0.4, 0.5) is 0 Å². The lowest BCUT2D eigenvalue weighted by Crippen LogP contribution is -2.65. The summed E-state index contributed by atoms with van der Waals surface area (Å²) in [6, 6.07) is 6.19. The average molecular weight is 659 g/mol. The molecule has 0 bridgehead atoms. The fourth-order valence-electron chi connectivity index (χ4n) is 13.9. The first kappa shape index (κ1) is 30.4. The van der Waals surface area contributed by atoms with Crippen molar-refractivity contribution in [2.75, 3.05) is 27.1 Å². The molecule has 258 valence electrons. The number of aliphatic hydroxyl groups is 1. The zero-order valence-electron chi connectivity index (χ0n) is 29.1. The molecule has 5 aliphatic carbocycles. The van der Waals surface area contributed by atoms with E-state index in [9.17, 15) is 9.90 Å². The standard InChI is InChI=1S/C40H50O8/c1-34(43-5)18-40(47-20-34)17-25(33(42)48-40)26-9-13-39-19-38(26,39)12-10-30-35(2)11-8-24-15-28(23-6-7-27-29(14-23)46-22-45-27)44-21-36(24,3)31(35)16-32(41)37(30,39)4/h6-8,14,17,26,28,30-32,41H,9-13,15-16,18-22H2,1-5H3/t26-,28-,30+,31+,32+,34+,35+,36-,37-,38+,39+,40-/m0/s1. The number of benzene rings is 1. The Bertz CT molecular complexity index is 1680. The number of esters is 1. The van der Waals surface area contributed by atoms with E-state index in [2.05, 4.69) is 39.0 Å². The molecular formula is C40H50O8. The summed E-state index contributed by atoms with van der Waals surface area (Å²) < 4.78 is 35.8. The van der Waals surface area contributed by atoms with Crippen LogP contribution in [-0.2, 0) is 23.7 Å². The Morgan fingerprint density at radius 2 is 1.81 bits per heavy atom. The maximum atomic E-state index is 13.6. The Kier molecular flexibility index (Phi) is 5.88. The highest BCUT2D eigenvalue weighted by molar-refractivity contribution is 5.92. The fraction of sp³-hybridized carbons (Fsp3) is 0.725. The van der Waals surface area contributed by atoms with Crippen LogP contribution in [0.1, 0.15) is 97.1 Å². The second-order valence-electron chi connectivity index (χ2n) is 18.1. The van der Waals surface area contributed by atoms with Crippen LogP contribution in [0.2, 0.25) is 0 Å². The van der Waals surface area contributed by atoms with Gasteiger partial charge < -0.3 is 33.5 Å². The number of hydrogen-bond acceptors (Lipinski definition) is 8. The number of methoxy groups -OCH3 is 1. The van der Waals surface area contributed by atoms with Crippen molar-refractivity contribution in [3.63, 3.8) is 0 Å². The second kappa shape index (κ2) is 9.28. The summed E-state index contributed by atoms with van der Waals surface area (Å²) in [5.41, 5.74) is 2.84. The van der Waals surface area contributed by atoms with E-state index in [1.807, 2.05) is 19.1 Å². The van der Waals surface area contributed by atoms with Crippen LogP contribution >= 0.6 is 0 Å². The van der Waals surface area contributed by atoms with Crippen molar-refractivity contribution in [3.8, 4) is 11.5 Å². The molecule has 1 aromatic rings. The molecule has 1 aromatic carbocycles. The van der Waals surface area contributed by atoms with Crippen molar-refractivity contribution in [1.82, 2.24) is 0 Å².